The van der Waals surface area contributed by atoms with Crippen LogP contribution in [0, 0.1) is 0 Å². The summed E-state index contributed by atoms with van der Waals surface area (Å²) >= 11 is 1.66. The lowest BCUT2D eigenvalue weighted by Gasteiger charge is -2.08. The second-order valence-corrected chi connectivity index (χ2v) is 6.40. The van der Waals surface area contributed by atoms with Crippen molar-refractivity contribution in [2.75, 3.05) is 0 Å². The van der Waals surface area contributed by atoms with Crippen LogP contribution in [0.15, 0.2) is 70.9 Å². The minimum atomic E-state index is 0.699. The molecule has 0 spiro atoms. The molecule has 7 heteroatoms. The van der Waals surface area contributed by atoms with E-state index in [1.165, 1.54) is 0 Å². The molecule has 122 valence electrons. The Kier molecular flexibility index (Phi) is 3.17. The number of imidazole rings is 1. The van der Waals surface area contributed by atoms with Crippen LogP contribution in [-0.2, 0) is 0 Å². The summed E-state index contributed by atoms with van der Waals surface area (Å²) in [5.41, 5.74) is 3.65. The molecule has 0 unspecified atom stereocenters. The molecule has 5 aromatic rings. The lowest BCUT2D eigenvalue weighted by atomic mass is 10.2. The van der Waals surface area contributed by atoms with Crippen LogP contribution in [0.25, 0.3) is 39.4 Å². The highest BCUT2D eigenvalue weighted by Gasteiger charge is 2.25. The fourth-order valence-corrected chi connectivity index (χ4v) is 3.62. The van der Waals surface area contributed by atoms with Crippen molar-refractivity contribution in [3.63, 3.8) is 0 Å². The van der Waals surface area contributed by atoms with Crippen LogP contribution in [0.1, 0.15) is 0 Å². The largest absolute Gasteiger partial charge is 0.448 e. The van der Waals surface area contributed by atoms with Crippen molar-refractivity contribution in [1.29, 1.82) is 0 Å². The van der Waals surface area contributed by atoms with Crippen molar-refractivity contribution in [2.24, 2.45) is 0 Å². The van der Waals surface area contributed by atoms with Crippen LogP contribution < -0.4 is 0 Å². The Bertz CT molecular complexity index is 984. The highest BCUT2D eigenvalue weighted by molar-refractivity contribution is 7.13. The lowest BCUT2D eigenvalue weighted by Crippen LogP contribution is -1.99. The van der Waals surface area contributed by atoms with E-state index in [0.717, 1.165) is 33.5 Å². The van der Waals surface area contributed by atoms with Crippen LogP contribution in [0.4, 0.5) is 0 Å². The van der Waals surface area contributed by atoms with Gasteiger partial charge in [-0.25, -0.2) is 4.98 Å². The van der Waals surface area contributed by atoms with Crippen LogP contribution in [-0.4, -0.2) is 24.7 Å². The van der Waals surface area contributed by atoms with Crippen molar-refractivity contribution < 1.29 is 4.42 Å². The Morgan fingerprint density at radius 2 is 2.04 bits per heavy atom. The van der Waals surface area contributed by atoms with E-state index in [1.54, 1.807) is 23.8 Å². The SMILES string of the molecule is c1c[nH]c(-c2c(-c3cccs3)nc(-c3ccn[nH]3)n2-c2ccco2)c1. The van der Waals surface area contributed by atoms with Gasteiger partial charge in [-0.2, -0.15) is 5.10 Å². The number of hydrogen-bond donors (Lipinski definition) is 2. The number of thiophene rings is 1. The molecule has 0 atom stereocenters. The summed E-state index contributed by atoms with van der Waals surface area (Å²) in [6.07, 6.45) is 5.29. The van der Waals surface area contributed by atoms with Crippen LogP contribution in [0.3, 0.4) is 0 Å². The summed E-state index contributed by atoms with van der Waals surface area (Å²) in [6, 6.07) is 13.8. The first-order valence-corrected chi connectivity index (χ1v) is 8.64. The monoisotopic (exact) mass is 347 g/mol. The molecule has 0 aliphatic heterocycles. The molecule has 0 radical (unpaired) electrons. The van der Waals surface area contributed by atoms with E-state index in [4.69, 9.17) is 9.40 Å². The Morgan fingerprint density at radius 1 is 1.04 bits per heavy atom. The van der Waals surface area contributed by atoms with Gasteiger partial charge < -0.3 is 9.40 Å². The van der Waals surface area contributed by atoms with Gasteiger partial charge in [0, 0.05) is 18.5 Å². The molecule has 6 nitrogen and oxygen atoms in total. The van der Waals surface area contributed by atoms with Gasteiger partial charge in [0.1, 0.15) is 17.1 Å². The third-order valence-electron chi connectivity index (χ3n) is 3.95. The molecule has 2 N–H and O–H groups in total. The molecule has 5 aromatic heterocycles. The highest BCUT2D eigenvalue weighted by Crippen LogP contribution is 2.38. The first-order chi connectivity index (χ1) is 12.4. The zero-order valence-electron chi connectivity index (χ0n) is 13.0. The normalized spacial score (nSPS) is 11.2. The van der Waals surface area contributed by atoms with Gasteiger partial charge >= 0.3 is 0 Å². The smallest absolute Gasteiger partial charge is 0.205 e. The lowest BCUT2D eigenvalue weighted by molar-refractivity contribution is 0.541. The molecular weight excluding hydrogens is 334 g/mol. The molecule has 0 aliphatic carbocycles. The third-order valence-corrected chi connectivity index (χ3v) is 4.83. The Balaban J connectivity index is 1.88. The van der Waals surface area contributed by atoms with E-state index >= 15 is 0 Å². The zero-order chi connectivity index (χ0) is 16.6. The van der Waals surface area contributed by atoms with E-state index in [1.807, 2.05) is 47.2 Å². The van der Waals surface area contributed by atoms with Gasteiger partial charge in [0.2, 0.25) is 5.88 Å². The number of nitrogens with one attached hydrogen (secondary N) is 2. The van der Waals surface area contributed by atoms with E-state index in [-0.39, 0.29) is 0 Å². The molecule has 5 rings (SSSR count). The molecule has 5 heterocycles. The van der Waals surface area contributed by atoms with Crippen LogP contribution in [0.5, 0.6) is 0 Å². The molecule has 0 amide bonds. The average molecular weight is 347 g/mol. The predicted octanol–water partition coefficient (Wildman–Crippen LogP) is 4.58. The number of H-pyrrole nitrogens is 2. The van der Waals surface area contributed by atoms with Crippen LogP contribution in [0.2, 0.25) is 0 Å². The number of nitrogens with zero attached hydrogens (tertiary/aromatic N) is 3. The summed E-state index contributed by atoms with van der Waals surface area (Å²) in [5.74, 6) is 1.45. The second-order valence-electron chi connectivity index (χ2n) is 5.45. The summed E-state index contributed by atoms with van der Waals surface area (Å²) in [7, 11) is 0. The van der Waals surface area contributed by atoms with Gasteiger partial charge in [0.25, 0.3) is 0 Å². The summed E-state index contributed by atoms with van der Waals surface area (Å²) in [6.45, 7) is 0. The van der Waals surface area contributed by atoms with Gasteiger partial charge in [-0.3, -0.25) is 9.67 Å². The first-order valence-electron chi connectivity index (χ1n) is 7.76. The number of rotatable bonds is 4. The fourth-order valence-electron chi connectivity index (χ4n) is 2.90. The van der Waals surface area contributed by atoms with Crippen molar-refractivity contribution in [3.8, 4) is 39.4 Å². The van der Waals surface area contributed by atoms with Crippen molar-refractivity contribution in [2.45, 2.75) is 0 Å². The number of furan rings is 1. The van der Waals surface area contributed by atoms with Gasteiger partial charge in [-0.05, 0) is 35.7 Å². The molecule has 0 aliphatic rings. The van der Waals surface area contributed by atoms with Crippen molar-refractivity contribution in [1.82, 2.24) is 24.7 Å². The minimum Gasteiger partial charge on any atom is -0.448 e. The standard InChI is InChI=1S/C18H13N5OS/c1-4-12(19-8-1)17-16(14-5-3-11-25-14)21-18(13-7-9-20-22-13)23(17)15-6-2-10-24-15/h1-11,19H,(H,20,22). The second kappa shape index (κ2) is 5.64. The summed E-state index contributed by atoms with van der Waals surface area (Å²) in [5, 5.41) is 9.13. The maximum atomic E-state index is 5.71. The van der Waals surface area contributed by atoms with E-state index in [9.17, 15) is 0 Å². The number of aromatic nitrogens is 5. The predicted molar refractivity (Wildman–Crippen MR) is 96.5 cm³/mol. The number of aromatic amines is 2. The Labute approximate surface area is 146 Å². The fraction of sp³-hybridized carbons (Fsp3) is 0. The molecule has 0 saturated heterocycles. The van der Waals surface area contributed by atoms with E-state index in [0.29, 0.717) is 5.88 Å². The maximum absolute atomic E-state index is 5.71. The van der Waals surface area contributed by atoms with Crippen molar-refractivity contribution in [3.05, 3.63) is 66.5 Å². The highest BCUT2D eigenvalue weighted by atomic mass is 32.1. The van der Waals surface area contributed by atoms with Gasteiger partial charge in [-0.1, -0.05) is 6.07 Å². The minimum absolute atomic E-state index is 0.699. The zero-order valence-corrected chi connectivity index (χ0v) is 13.8. The Morgan fingerprint density at radius 3 is 2.72 bits per heavy atom. The van der Waals surface area contributed by atoms with Crippen molar-refractivity contribution >= 4 is 11.3 Å². The molecule has 0 aromatic carbocycles. The van der Waals surface area contributed by atoms with Gasteiger partial charge in [0.15, 0.2) is 5.82 Å². The topological polar surface area (TPSA) is 75.4 Å². The van der Waals surface area contributed by atoms with Crippen LogP contribution >= 0.6 is 11.3 Å². The molecule has 25 heavy (non-hydrogen) atoms. The third kappa shape index (κ3) is 2.25. The van der Waals surface area contributed by atoms with E-state index < -0.39 is 0 Å². The van der Waals surface area contributed by atoms with Gasteiger partial charge in [-0.15, -0.1) is 11.3 Å². The molecule has 0 saturated carbocycles. The molecular formula is C18H13N5OS. The quantitative estimate of drug-likeness (QED) is 0.500. The average Bonchev–Trinajstić information content (AvgIpc) is 3.48. The van der Waals surface area contributed by atoms with Gasteiger partial charge in [0.05, 0.1) is 16.8 Å². The van der Waals surface area contributed by atoms with E-state index in [2.05, 4.69) is 26.6 Å². The molecule has 0 fully saturated rings. The summed E-state index contributed by atoms with van der Waals surface area (Å²) < 4.78 is 7.71. The Hall–Kier alpha value is -3.32. The maximum Gasteiger partial charge on any atom is 0.205 e. The number of hydrogen-bond acceptors (Lipinski definition) is 4. The molecule has 0 bridgehead atoms. The first kappa shape index (κ1) is 14.1. The summed E-state index contributed by atoms with van der Waals surface area (Å²) in [4.78, 5) is 9.32.